The molecule has 1 saturated heterocycles. The number of aromatic nitrogens is 1. The second-order valence-electron chi connectivity index (χ2n) is 7.42. The zero-order chi connectivity index (χ0) is 21.1. The first-order valence-electron chi connectivity index (χ1n) is 9.90. The van der Waals surface area contributed by atoms with Crippen molar-refractivity contribution in [1.82, 2.24) is 9.88 Å². The Hall–Kier alpha value is -3.03. The molecule has 3 aromatic rings. The number of amides is 2. The lowest BCUT2D eigenvalue weighted by Crippen LogP contribution is -2.42. The molecule has 7 heteroatoms. The first kappa shape index (κ1) is 20.3. The molecule has 1 fully saturated rings. The molecule has 1 aliphatic heterocycles. The third-order valence-electron chi connectivity index (χ3n) is 5.20. The minimum Gasteiger partial charge on any atom is -0.391 e. The van der Waals surface area contributed by atoms with E-state index < -0.39 is 6.10 Å². The van der Waals surface area contributed by atoms with Crippen LogP contribution >= 0.6 is 11.3 Å². The zero-order valence-corrected chi connectivity index (χ0v) is 17.5. The van der Waals surface area contributed by atoms with Gasteiger partial charge in [-0.2, -0.15) is 11.3 Å². The molecule has 2 amide bonds. The third kappa shape index (κ3) is 4.42. The second kappa shape index (κ2) is 8.77. The molecule has 0 radical (unpaired) electrons. The SMILES string of the molecule is Cc1nc(-c2ccsc2)ccc1C(=O)Nc1cccc(C(=O)N2CCCC(O)C2)c1. The first-order valence-corrected chi connectivity index (χ1v) is 10.8. The van der Waals surface area contributed by atoms with E-state index in [4.69, 9.17) is 0 Å². The van der Waals surface area contributed by atoms with Gasteiger partial charge in [0.1, 0.15) is 0 Å². The molecular weight excluding hydrogens is 398 g/mol. The van der Waals surface area contributed by atoms with Crippen LogP contribution in [-0.4, -0.2) is 46.0 Å². The highest BCUT2D eigenvalue weighted by Gasteiger charge is 2.23. The summed E-state index contributed by atoms with van der Waals surface area (Å²) in [7, 11) is 0. The van der Waals surface area contributed by atoms with Gasteiger partial charge < -0.3 is 15.3 Å². The van der Waals surface area contributed by atoms with Gasteiger partial charge in [0.25, 0.3) is 11.8 Å². The Morgan fingerprint density at radius 1 is 1.23 bits per heavy atom. The van der Waals surface area contributed by atoms with Crippen LogP contribution in [0.5, 0.6) is 0 Å². The molecular formula is C23H23N3O3S. The fourth-order valence-electron chi connectivity index (χ4n) is 3.62. The van der Waals surface area contributed by atoms with Crippen LogP contribution in [0, 0.1) is 6.92 Å². The Labute approximate surface area is 179 Å². The van der Waals surface area contributed by atoms with Crippen LogP contribution < -0.4 is 5.32 Å². The predicted octanol–water partition coefficient (Wildman–Crippen LogP) is 3.97. The predicted molar refractivity (Wildman–Crippen MR) is 118 cm³/mol. The fraction of sp³-hybridized carbons (Fsp3) is 0.261. The van der Waals surface area contributed by atoms with E-state index in [1.807, 2.05) is 29.8 Å². The third-order valence-corrected chi connectivity index (χ3v) is 5.88. The van der Waals surface area contributed by atoms with E-state index in [0.717, 1.165) is 24.1 Å². The van der Waals surface area contributed by atoms with Crippen LogP contribution in [-0.2, 0) is 0 Å². The quantitative estimate of drug-likeness (QED) is 0.668. The van der Waals surface area contributed by atoms with Crippen molar-refractivity contribution >= 4 is 28.8 Å². The average Bonchev–Trinajstić information content (AvgIpc) is 3.28. The van der Waals surface area contributed by atoms with Gasteiger partial charge in [-0.25, -0.2) is 0 Å². The Balaban J connectivity index is 1.48. The lowest BCUT2D eigenvalue weighted by molar-refractivity contribution is 0.0474. The summed E-state index contributed by atoms with van der Waals surface area (Å²) in [4.78, 5) is 31.7. The number of hydrogen-bond donors (Lipinski definition) is 2. The number of benzene rings is 1. The molecule has 2 N–H and O–H groups in total. The summed E-state index contributed by atoms with van der Waals surface area (Å²) in [6.07, 6.45) is 1.04. The zero-order valence-electron chi connectivity index (χ0n) is 16.7. The number of carbonyl (C=O) groups excluding carboxylic acids is 2. The monoisotopic (exact) mass is 421 g/mol. The van der Waals surface area contributed by atoms with E-state index in [1.165, 1.54) is 0 Å². The van der Waals surface area contributed by atoms with Crippen molar-refractivity contribution < 1.29 is 14.7 Å². The van der Waals surface area contributed by atoms with Crippen molar-refractivity contribution in [2.75, 3.05) is 18.4 Å². The number of hydrogen-bond acceptors (Lipinski definition) is 5. The van der Waals surface area contributed by atoms with Gasteiger partial charge in [-0.15, -0.1) is 0 Å². The molecule has 1 aliphatic rings. The number of nitrogens with zero attached hydrogens (tertiary/aromatic N) is 2. The molecule has 0 spiro atoms. The minimum absolute atomic E-state index is 0.136. The molecule has 0 saturated carbocycles. The Morgan fingerprint density at radius 2 is 2.10 bits per heavy atom. The van der Waals surface area contributed by atoms with Crippen molar-refractivity contribution in [3.63, 3.8) is 0 Å². The molecule has 2 aromatic heterocycles. The Kier molecular flexibility index (Phi) is 5.92. The highest BCUT2D eigenvalue weighted by Crippen LogP contribution is 2.22. The number of aliphatic hydroxyl groups is 1. The van der Waals surface area contributed by atoms with E-state index >= 15 is 0 Å². The van der Waals surface area contributed by atoms with Gasteiger partial charge in [0.2, 0.25) is 0 Å². The molecule has 1 aromatic carbocycles. The maximum atomic E-state index is 12.8. The van der Waals surface area contributed by atoms with Crippen LogP contribution in [0.2, 0.25) is 0 Å². The van der Waals surface area contributed by atoms with Crippen molar-refractivity contribution in [3.8, 4) is 11.3 Å². The Bertz CT molecular complexity index is 1070. The van der Waals surface area contributed by atoms with Gasteiger partial charge in [-0.1, -0.05) is 6.07 Å². The number of carbonyl (C=O) groups is 2. The van der Waals surface area contributed by atoms with Crippen molar-refractivity contribution in [2.24, 2.45) is 0 Å². The van der Waals surface area contributed by atoms with Crippen LogP contribution in [0.25, 0.3) is 11.3 Å². The Morgan fingerprint density at radius 3 is 2.83 bits per heavy atom. The minimum atomic E-state index is -0.474. The number of piperidine rings is 1. The highest BCUT2D eigenvalue weighted by molar-refractivity contribution is 7.08. The fourth-order valence-corrected chi connectivity index (χ4v) is 4.27. The van der Waals surface area contributed by atoms with Gasteiger partial charge in [-0.3, -0.25) is 14.6 Å². The number of β-amino-alcohol motifs (C(OH)–C–C–N with tert-alkyl or cyclic N) is 1. The maximum absolute atomic E-state index is 12.8. The molecule has 3 heterocycles. The number of thiophene rings is 1. The van der Waals surface area contributed by atoms with E-state index in [9.17, 15) is 14.7 Å². The molecule has 1 atom stereocenters. The van der Waals surface area contributed by atoms with Gasteiger partial charge in [0.15, 0.2) is 0 Å². The standard InChI is InChI=1S/C23H23N3O3S/c1-15-20(7-8-21(24-15)17-9-11-30-14-17)22(28)25-18-5-2-4-16(12-18)23(29)26-10-3-6-19(27)13-26/h2,4-5,7-9,11-12,14,19,27H,3,6,10,13H2,1H3,(H,25,28). The summed E-state index contributed by atoms with van der Waals surface area (Å²) in [5, 5.41) is 16.7. The summed E-state index contributed by atoms with van der Waals surface area (Å²) < 4.78 is 0. The number of aryl methyl sites for hydroxylation is 1. The lowest BCUT2D eigenvalue weighted by atomic mass is 10.1. The van der Waals surface area contributed by atoms with Crippen LogP contribution in [0.1, 0.15) is 39.3 Å². The summed E-state index contributed by atoms with van der Waals surface area (Å²) >= 11 is 1.60. The van der Waals surface area contributed by atoms with Gasteiger partial charge >= 0.3 is 0 Å². The molecule has 1 unspecified atom stereocenters. The van der Waals surface area contributed by atoms with Gasteiger partial charge in [0, 0.05) is 35.3 Å². The van der Waals surface area contributed by atoms with Crippen molar-refractivity contribution in [2.45, 2.75) is 25.9 Å². The molecule has 4 rings (SSSR count). The van der Waals surface area contributed by atoms with Gasteiger partial charge in [0.05, 0.1) is 23.1 Å². The largest absolute Gasteiger partial charge is 0.391 e. The molecule has 0 bridgehead atoms. The second-order valence-corrected chi connectivity index (χ2v) is 8.20. The normalized spacial score (nSPS) is 16.3. The summed E-state index contributed by atoms with van der Waals surface area (Å²) in [5.41, 5.74) is 4.04. The smallest absolute Gasteiger partial charge is 0.257 e. The van der Waals surface area contributed by atoms with Crippen molar-refractivity contribution in [3.05, 3.63) is 70.0 Å². The van der Waals surface area contributed by atoms with Crippen LogP contribution in [0.15, 0.2) is 53.2 Å². The highest BCUT2D eigenvalue weighted by atomic mass is 32.1. The van der Waals surface area contributed by atoms with E-state index in [0.29, 0.717) is 35.6 Å². The number of anilines is 1. The molecule has 30 heavy (non-hydrogen) atoms. The first-order chi connectivity index (χ1) is 14.5. The van der Waals surface area contributed by atoms with Crippen molar-refractivity contribution in [1.29, 1.82) is 0 Å². The maximum Gasteiger partial charge on any atom is 0.257 e. The van der Waals surface area contributed by atoms with Crippen LogP contribution in [0.4, 0.5) is 5.69 Å². The topological polar surface area (TPSA) is 82.5 Å². The summed E-state index contributed by atoms with van der Waals surface area (Å²) in [5.74, 6) is -0.405. The number of rotatable bonds is 4. The number of nitrogens with one attached hydrogen (secondary N) is 1. The molecule has 0 aliphatic carbocycles. The van der Waals surface area contributed by atoms with E-state index in [-0.39, 0.29) is 11.8 Å². The average molecular weight is 422 g/mol. The molecule has 154 valence electrons. The lowest BCUT2D eigenvalue weighted by Gasteiger charge is -2.30. The number of pyridine rings is 1. The summed E-state index contributed by atoms with van der Waals surface area (Å²) in [6, 6.07) is 12.5. The van der Waals surface area contributed by atoms with Crippen LogP contribution in [0.3, 0.4) is 0 Å². The number of likely N-dealkylation sites (tertiary alicyclic amines) is 1. The number of aliphatic hydroxyl groups excluding tert-OH is 1. The van der Waals surface area contributed by atoms with Gasteiger partial charge in [-0.05, 0) is 61.5 Å². The van der Waals surface area contributed by atoms with E-state index in [2.05, 4.69) is 10.3 Å². The molecule has 6 nitrogen and oxygen atoms in total. The van der Waals surface area contributed by atoms with E-state index in [1.54, 1.807) is 46.6 Å². The summed E-state index contributed by atoms with van der Waals surface area (Å²) in [6.45, 7) is 2.79.